The number of nitrogens with one attached hydrogen (secondary N) is 1. The van der Waals surface area contributed by atoms with Crippen molar-refractivity contribution in [1.82, 2.24) is 10.4 Å². The fraction of sp³-hybridized carbons (Fsp3) is 0.263. The van der Waals surface area contributed by atoms with Crippen molar-refractivity contribution >= 4 is 11.8 Å². The summed E-state index contributed by atoms with van der Waals surface area (Å²) < 4.78 is 0. The average Bonchev–Trinajstić information content (AvgIpc) is 3.18. The molecule has 0 radical (unpaired) electrons. The number of hydrogen-bond donors (Lipinski definition) is 2. The predicted octanol–water partition coefficient (Wildman–Crippen LogP) is 2.77. The summed E-state index contributed by atoms with van der Waals surface area (Å²) in [5.41, 5.74) is 5.25. The molecule has 2 aliphatic rings. The molecule has 5 heteroatoms. The van der Waals surface area contributed by atoms with Crippen LogP contribution in [-0.2, 0) is 11.2 Å². The van der Waals surface area contributed by atoms with Gasteiger partial charge in [-0.2, -0.15) is 0 Å². The van der Waals surface area contributed by atoms with Crippen molar-refractivity contribution in [3.8, 4) is 0 Å². The van der Waals surface area contributed by atoms with Gasteiger partial charge in [-0.3, -0.25) is 14.8 Å². The van der Waals surface area contributed by atoms with Crippen molar-refractivity contribution < 1.29 is 14.8 Å². The van der Waals surface area contributed by atoms with Crippen molar-refractivity contribution in [2.45, 2.75) is 31.3 Å². The van der Waals surface area contributed by atoms with Crippen LogP contribution in [0.3, 0.4) is 0 Å². The first-order valence-corrected chi connectivity index (χ1v) is 8.12. The number of benzene rings is 2. The van der Waals surface area contributed by atoms with E-state index in [1.807, 2.05) is 41.3 Å². The summed E-state index contributed by atoms with van der Waals surface area (Å²) in [6.07, 6.45) is 2.28. The summed E-state index contributed by atoms with van der Waals surface area (Å²) in [5.74, 6) is -0.402. The molecule has 2 aromatic rings. The zero-order chi connectivity index (χ0) is 16.7. The van der Waals surface area contributed by atoms with Gasteiger partial charge in [-0.25, -0.2) is 5.48 Å². The standard InChI is InChI=1S/C19H18N2O3/c22-18(10-12-4-2-1-3-5-12)21-16-8-9-17(21)15-11-13(19(23)20-24)6-7-14(15)16/h1-7,11,16-17,24H,8-10H2,(H,20,23). The summed E-state index contributed by atoms with van der Waals surface area (Å²) >= 11 is 0. The number of carbonyl (C=O) groups is 2. The first kappa shape index (κ1) is 14.9. The van der Waals surface area contributed by atoms with E-state index in [9.17, 15) is 9.59 Å². The first-order valence-electron chi connectivity index (χ1n) is 8.12. The minimum atomic E-state index is -0.525. The zero-order valence-corrected chi connectivity index (χ0v) is 13.1. The highest BCUT2D eigenvalue weighted by molar-refractivity contribution is 5.94. The number of fused-ring (bicyclic) bond motifs is 5. The molecule has 122 valence electrons. The first-order chi connectivity index (χ1) is 11.7. The number of nitrogens with zero attached hydrogens (tertiary/aromatic N) is 1. The normalized spacial score (nSPS) is 20.8. The Labute approximate surface area is 139 Å². The lowest BCUT2D eigenvalue weighted by atomic mass is 9.90. The summed E-state index contributed by atoms with van der Waals surface area (Å²) in [7, 11) is 0. The highest BCUT2D eigenvalue weighted by Gasteiger charge is 2.46. The molecule has 0 aromatic heterocycles. The molecule has 2 atom stereocenters. The fourth-order valence-electron chi connectivity index (χ4n) is 4.00. The second kappa shape index (κ2) is 5.76. The minimum absolute atomic E-state index is 0.0349. The predicted molar refractivity (Wildman–Crippen MR) is 87.4 cm³/mol. The quantitative estimate of drug-likeness (QED) is 0.674. The van der Waals surface area contributed by atoms with Crippen LogP contribution in [0.1, 0.15) is 52.0 Å². The van der Waals surface area contributed by atoms with Gasteiger partial charge < -0.3 is 4.90 Å². The molecule has 1 fully saturated rings. The van der Waals surface area contributed by atoms with Crippen LogP contribution in [0.2, 0.25) is 0 Å². The Balaban J connectivity index is 1.61. The Bertz CT molecular complexity index is 804. The third-order valence-electron chi connectivity index (χ3n) is 5.04. The molecule has 24 heavy (non-hydrogen) atoms. The van der Waals surface area contributed by atoms with E-state index in [1.165, 1.54) is 0 Å². The Morgan fingerprint density at radius 3 is 2.46 bits per heavy atom. The van der Waals surface area contributed by atoms with E-state index in [0.29, 0.717) is 12.0 Å². The Kier molecular flexibility index (Phi) is 3.58. The number of rotatable bonds is 3. The van der Waals surface area contributed by atoms with E-state index < -0.39 is 5.91 Å². The Morgan fingerprint density at radius 1 is 1.04 bits per heavy atom. The maximum Gasteiger partial charge on any atom is 0.274 e. The number of carbonyl (C=O) groups excluding carboxylic acids is 2. The van der Waals surface area contributed by atoms with Gasteiger partial charge in [0.25, 0.3) is 5.91 Å². The average molecular weight is 322 g/mol. The van der Waals surface area contributed by atoms with Gasteiger partial charge in [0.05, 0.1) is 18.5 Å². The molecule has 2 amide bonds. The number of hydrogen-bond acceptors (Lipinski definition) is 3. The smallest absolute Gasteiger partial charge is 0.274 e. The maximum atomic E-state index is 12.8. The van der Waals surface area contributed by atoms with Crippen LogP contribution >= 0.6 is 0 Å². The van der Waals surface area contributed by atoms with Crippen LogP contribution in [-0.4, -0.2) is 21.9 Å². The second-order valence-electron chi connectivity index (χ2n) is 6.36. The lowest BCUT2D eigenvalue weighted by Gasteiger charge is -2.22. The van der Waals surface area contributed by atoms with Crippen LogP contribution in [0, 0.1) is 0 Å². The summed E-state index contributed by atoms with van der Waals surface area (Å²) in [6.45, 7) is 0. The van der Waals surface area contributed by atoms with Crippen molar-refractivity contribution in [2.24, 2.45) is 0 Å². The van der Waals surface area contributed by atoms with E-state index in [-0.39, 0.29) is 18.0 Å². The molecule has 2 N–H and O–H groups in total. The van der Waals surface area contributed by atoms with Gasteiger partial charge in [-0.05, 0) is 41.7 Å². The molecular weight excluding hydrogens is 304 g/mol. The van der Waals surface area contributed by atoms with Crippen molar-refractivity contribution in [1.29, 1.82) is 0 Å². The molecule has 2 bridgehead atoms. The SMILES string of the molecule is O=C(NO)c1ccc2c(c1)C1CCC2N1C(=O)Cc1ccccc1. The fourth-order valence-corrected chi connectivity index (χ4v) is 4.00. The second-order valence-corrected chi connectivity index (χ2v) is 6.36. The molecule has 1 saturated heterocycles. The van der Waals surface area contributed by atoms with Crippen LogP contribution < -0.4 is 5.48 Å². The van der Waals surface area contributed by atoms with E-state index in [2.05, 4.69) is 0 Å². The Morgan fingerprint density at radius 2 is 1.75 bits per heavy atom. The van der Waals surface area contributed by atoms with Gasteiger partial charge in [0, 0.05) is 5.56 Å². The van der Waals surface area contributed by atoms with Gasteiger partial charge in [0.2, 0.25) is 5.91 Å². The third-order valence-corrected chi connectivity index (χ3v) is 5.04. The van der Waals surface area contributed by atoms with E-state index in [1.54, 1.807) is 17.6 Å². The van der Waals surface area contributed by atoms with Crippen molar-refractivity contribution in [3.05, 3.63) is 70.8 Å². The molecule has 2 heterocycles. The molecule has 0 aliphatic carbocycles. The summed E-state index contributed by atoms with van der Waals surface area (Å²) in [6, 6.07) is 15.3. The lowest BCUT2D eigenvalue weighted by Crippen LogP contribution is -2.29. The molecule has 4 rings (SSSR count). The topological polar surface area (TPSA) is 69.6 Å². The van der Waals surface area contributed by atoms with E-state index in [0.717, 1.165) is 29.5 Å². The third kappa shape index (κ3) is 2.29. The highest BCUT2D eigenvalue weighted by atomic mass is 16.5. The van der Waals surface area contributed by atoms with Crippen molar-refractivity contribution in [2.75, 3.05) is 0 Å². The Hall–Kier alpha value is -2.66. The van der Waals surface area contributed by atoms with Crippen LogP contribution in [0.5, 0.6) is 0 Å². The number of amides is 2. The molecule has 2 aromatic carbocycles. The molecular formula is C19H18N2O3. The molecule has 2 unspecified atom stereocenters. The van der Waals surface area contributed by atoms with Crippen molar-refractivity contribution in [3.63, 3.8) is 0 Å². The largest absolute Gasteiger partial charge is 0.328 e. The highest BCUT2D eigenvalue weighted by Crippen LogP contribution is 2.53. The molecule has 0 saturated carbocycles. The summed E-state index contributed by atoms with van der Waals surface area (Å²) in [5, 5.41) is 8.81. The molecule has 0 spiro atoms. The van der Waals surface area contributed by atoms with Crippen LogP contribution in [0.25, 0.3) is 0 Å². The number of hydroxylamine groups is 1. The summed E-state index contributed by atoms with van der Waals surface area (Å²) in [4.78, 5) is 26.4. The molecule has 5 nitrogen and oxygen atoms in total. The zero-order valence-electron chi connectivity index (χ0n) is 13.1. The van der Waals surface area contributed by atoms with Gasteiger partial charge in [-0.15, -0.1) is 0 Å². The van der Waals surface area contributed by atoms with E-state index in [4.69, 9.17) is 5.21 Å². The molecule has 2 aliphatic heterocycles. The van der Waals surface area contributed by atoms with Gasteiger partial charge in [-0.1, -0.05) is 36.4 Å². The lowest BCUT2D eigenvalue weighted by molar-refractivity contribution is -0.132. The maximum absolute atomic E-state index is 12.8. The monoisotopic (exact) mass is 322 g/mol. The van der Waals surface area contributed by atoms with E-state index >= 15 is 0 Å². The van der Waals surface area contributed by atoms with Crippen LogP contribution in [0.4, 0.5) is 0 Å². The minimum Gasteiger partial charge on any atom is -0.328 e. The van der Waals surface area contributed by atoms with Gasteiger partial charge in [0.1, 0.15) is 0 Å². The van der Waals surface area contributed by atoms with Gasteiger partial charge in [0.15, 0.2) is 0 Å². The van der Waals surface area contributed by atoms with Gasteiger partial charge >= 0.3 is 0 Å². The van der Waals surface area contributed by atoms with Crippen LogP contribution in [0.15, 0.2) is 48.5 Å².